The van der Waals surface area contributed by atoms with Crippen LogP contribution in [0.5, 0.6) is 0 Å². The Hall–Kier alpha value is -2.77. The van der Waals surface area contributed by atoms with Crippen LogP contribution in [-0.2, 0) is 0 Å². The minimum Gasteiger partial charge on any atom is -0.349 e. The van der Waals surface area contributed by atoms with Gasteiger partial charge in [0.25, 0.3) is 11.6 Å². The van der Waals surface area contributed by atoms with Gasteiger partial charge in [0.15, 0.2) is 0 Å². The Labute approximate surface area is 127 Å². The van der Waals surface area contributed by atoms with Crippen molar-refractivity contribution < 1.29 is 9.72 Å². The minimum atomic E-state index is -0.542. The molecule has 2 rings (SSSR count). The fourth-order valence-electron chi connectivity index (χ4n) is 1.79. The quantitative estimate of drug-likeness (QED) is 0.671. The molecule has 0 saturated carbocycles. The Morgan fingerprint density at radius 1 is 1.36 bits per heavy atom. The Morgan fingerprint density at radius 3 is 2.64 bits per heavy atom. The van der Waals surface area contributed by atoms with Crippen LogP contribution in [0.1, 0.15) is 31.1 Å². The first-order valence-electron chi connectivity index (χ1n) is 6.84. The Kier molecular flexibility index (Phi) is 4.50. The normalized spacial score (nSPS) is 12.2. The topological polar surface area (TPSA) is 103 Å². The summed E-state index contributed by atoms with van der Waals surface area (Å²) >= 11 is 0. The molecule has 1 aromatic heterocycles. The van der Waals surface area contributed by atoms with E-state index < -0.39 is 4.92 Å². The molecule has 1 aromatic carbocycles. The summed E-state index contributed by atoms with van der Waals surface area (Å²) in [5.41, 5.74) is 0.300. The van der Waals surface area contributed by atoms with Crippen LogP contribution in [0.25, 0.3) is 5.69 Å². The number of nitro groups is 1. The fourth-order valence-corrected chi connectivity index (χ4v) is 1.79. The van der Waals surface area contributed by atoms with Crippen LogP contribution < -0.4 is 5.32 Å². The van der Waals surface area contributed by atoms with Crippen LogP contribution in [0.3, 0.4) is 0 Å². The van der Waals surface area contributed by atoms with Crippen molar-refractivity contribution in [2.45, 2.75) is 26.8 Å². The van der Waals surface area contributed by atoms with E-state index >= 15 is 0 Å². The minimum absolute atomic E-state index is 0.0263. The summed E-state index contributed by atoms with van der Waals surface area (Å²) in [7, 11) is 0. The Bertz CT molecular complexity index is 682. The zero-order chi connectivity index (χ0) is 16.3. The van der Waals surface area contributed by atoms with Gasteiger partial charge in [0.05, 0.1) is 4.92 Å². The van der Waals surface area contributed by atoms with Crippen molar-refractivity contribution in [3.8, 4) is 5.69 Å². The van der Waals surface area contributed by atoms with Gasteiger partial charge in [-0.1, -0.05) is 13.8 Å². The number of carbonyl (C=O) groups excluding carboxylic acids is 1. The third-order valence-corrected chi connectivity index (χ3v) is 3.46. The lowest BCUT2D eigenvalue weighted by Gasteiger charge is -2.17. The molecule has 1 heterocycles. The number of nitrogens with one attached hydrogen (secondary N) is 1. The second-order valence-corrected chi connectivity index (χ2v) is 5.31. The van der Waals surface area contributed by atoms with Crippen LogP contribution in [0.4, 0.5) is 5.69 Å². The molecule has 0 saturated heterocycles. The summed E-state index contributed by atoms with van der Waals surface area (Å²) < 4.78 is 1.29. The summed E-state index contributed by atoms with van der Waals surface area (Å²) in [4.78, 5) is 26.6. The smallest absolute Gasteiger partial charge is 0.295 e. The molecule has 1 amide bonds. The van der Waals surface area contributed by atoms with E-state index in [4.69, 9.17) is 0 Å². The molecule has 1 atom stereocenters. The third kappa shape index (κ3) is 3.27. The van der Waals surface area contributed by atoms with Crippen LogP contribution >= 0.6 is 0 Å². The number of hydrogen-bond acceptors (Lipinski definition) is 5. The molecule has 116 valence electrons. The largest absolute Gasteiger partial charge is 0.349 e. The van der Waals surface area contributed by atoms with Crippen LogP contribution in [0, 0.1) is 16.0 Å². The van der Waals surface area contributed by atoms with E-state index in [2.05, 4.69) is 15.4 Å². The van der Waals surface area contributed by atoms with Crippen molar-refractivity contribution in [2.75, 3.05) is 0 Å². The molecule has 8 nitrogen and oxygen atoms in total. The van der Waals surface area contributed by atoms with E-state index in [0.717, 1.165) is 0 Å². The van der Waals surface area contributed by atoms with E-state index in [1.54, 1.807) is 0 Å². The van der Waals surface area contributed by atoms with Gasteiger partial charge in [0, 0.05) is 17.7 Å². The van der Waals surface area contributed by atoms with Gasteiger partial charge in [-0.2, -0.15) is 5.10 Å². The maximum absolute atomic E-state index is 12.2. The fraction of sp³-hybridized carbons (Fsp3) is 0.357. The van der Waals surface area contributed by atoms with E-state index in [1.165, 1.54) is 35.5 Å². The monoisotopic (exact) mass is 303 g/mol. The van der Waals surface area contributed by atoms with Crippen molar-refractivity contribution in [1.82, 2.24) is 20.1 Å². The third-order valence-electron chi connectivity index (χ3n) is 3.46. The summed E-state index contributed by atoms with van der Waals surface area (Å²) in [5.74, 6) is -0.0669. The highest BCUT2D eigenvalue weighted by atomic mass is 16.6. The van der Waals surface area contributed by atoms with Crippen molar-refractivity contribution in [1.29, 1.82) is 0 Å². The lowest BCUT2D eigenvalue weighted by Crippen LogP contribution is -2.36. The SMILES string of the molecule is CC(C)C(C)NC(=O)c1ccc(-n2cncn2)c([N+](=O)[O-])c1. The Balaban J connectivity index is 2.34. The first-order valence-corrected chi connectivity index (χ1v) is 6.84. The number of carbonyl (C=O) groups is 1. The highest BCUT2D eigenvalue weighted by Gasteiger charge is 2.20. The number of benzene rings is 1. The number of nitrogens with zero attached hydrogens (tertiary/aromatic N) is 4. The van der Waals surface area contributed by atoms with Gasteiger partial charge in [-0.15, -0.1) is 0 Å². The lowest BCUT2D eigenvalue weighted by atomic mass is 10.1. The standard InChI is InChI=1S/C14H17N5O3/c1-9(2)10(3)17-14(20)11-4-5-12(13(6-11)19(21)22)18-8-15-7-16-18/h4-10H,1-3H3,(H,17,20). The molecule has 0 aliphatic carbocycles. The van der Waals surface area contributed by atoms with Gasteiger partial charge in [-0.25, -0.2) is 9.67 Å². The van der Waals surface area contributed by atoms with Gasteiger partial charge in [0.1, 0.15) is 18.3 Å². The highest BCUT2D eigenvalue weighted by molar-refractivity contribution is 5.95. The summed E-state index contributed by atoms with van der Waals surface area (Å²) in [6.07, 6.45) is 2.65. The molecule has 22 heavy (non-hydrogen) atoms. The lowest BCUT2D eigenvalue weighted by molar-refractivity contribution is -0.384. The average Bonchev–Trinajstić information content (AvgIpc) is 3.00. The molecule has 0 radical (unpaired) electrons. The molecule has 2 aromatic rings. The van der Waals surface area contributed by atoms with Gasteiger partial charge < -0.3 is 5.32 Å². The first-order chi connectivity index (χ1) is 10.4. The van der Waals surface area contributed by atoms with Gasteiger partial charge in [-0.3, -0.25) is 14.9 Å². The predicted molar refractivity (Wildman–Crippen MR) is 79.8 cm³/mol. The molecule has 1 unspecified atom stereocenters. The molecule has 0 bridgehead atoms. The molecule has 8 heteroatoms. The van der Waals surface area contributed by atoms with Crippen molar-refractivity contribution >= 4 is 11.6 Å². The van der Waals surface area contributed by atoms with Gasteiger partial charge >= 0.3 is 0 Å². The zero-order valence-corrected chi connectivity index (χ0v) is 12.6. The first kappa shape index (κ1) is 15.6. The molecule has 0 aliphatic heterocycles. The highest BCUT2D eigenvalue weighted by Crippen LogP contribution is 2.23. The number of hydrogen-bond donors (Lipinski definition) is 1. The van der Waals surface area contributed by atoms with Crippen molar-refractivity contribution in [3.05, 3.63) is 46.5 Å². The molecule has 0 fully saturated rings. The maximum Gasteiger partial charge on any atom is 0.295 e. The maximum atomic E-state index is 12.2. The van der Waals surface area contributed by atoms with Crippen LogP contribution in [-0.4, -0.2) is 31.6 Å². The summed E-state index contributed by atoms with van der Waals surface area (Å²) in [6, 6.07) is 4.25. The van der Waals surface area contributed by atoms with Crippen LogP contribution in [0.2, 0.25) is 0 Å². The van der Waals surface area contributed by atoms with Crippen molar-refractivity contribution in [3.63, 3.8) is 0 Å². The molecule has 0 spiro atoms. The molecular formula is C14H17N5O3. The predicted octanol–water partition coefficient (Wildman–Crippen LogP) is 1.95. The van der Waals surface area contributed by atoms with Crippen molar-refractivity contribution in [2.24, 2.45) is 5.92 Å². The molecule has 0 aliphatic rings. The Morgan fingerprint density at radius 2 is 2.09 bits per heavy atom. The summed E-state index contributed by atoms with van der Waals surface area (Å²) in [6.45, 7) is 5.86. The average molecular weight is 303 g/mol. The zero-order valence-electron chi connectivity index (χ0n) is 12.6. The van der Waals surface area contributed by atoms with Gasteiger partial charge in [0.2, 0.25) is 0 Å². The second kappa shape index (κ2) is 6.33. The van der Waals surface area contributed by atoms with Crippen LogP contribution in [0.15, 0.2) is 30.9 Å². The number of amides is 1. The number of nitro benzene ring substituents is 1. The second-order valence-electron chi connectivity index (χ2n) is 5.31. The van der Waals surface area contributed by atoms with Gasteiger partial charge in [-0.05, 0) is 25.0 Å². The molecular weight excluding hydrogens is 286 g/mol. The number of aromatic nitrogens is 3. The van der Waals surface area contributed by atoms with E-state index in [1.807, 2.05) is 20.8 Å². The molecule has 1 N–H and O–H groups in total. The number of rotatable bonds is 5. The van der Waals surface area contributed by atoms with E-state index in [-0.39, 0.29) is 34.8 Å². The van der Waals surface area contributed by atoms with E-state index in [0.29, 0.717) is 0 Å². The van der Waals surface area contributed by atoms with E-state index in [9.17, 15) is 14.9 Å². The summed E-state index contributed by atoms with van der Waals surface area (Å²) in [5, 5.41) is 17.9.